The lowest BCUT2D eigenvalue weighted by Crippen LogP contribution is -2.38. The summed E-state index contributed by atoms with van der Waals surface area (Å²) in [6, 6.07) is 7.34. The van der Waals surface area contributed by atoms with Crippen molar-refractivity contribution in [3.05, 3.63) is 41.9 Å². The number of nitrogens with zero attached hydrogens (tertiary/aromatic N) is 5. The highest BCUT2D eigenvalue weighted by Gasteiger charge is 2.31. The van der Waals surface area contributed by atoms with Crippen LogP contribution in [0.15, 0.2) is 30.6 Å². The largest absolute Gasteiger partial charge is 0.470 e. The van der Waals surface area contributed by atoms with Crippen LogP contribution in [0.25, 0.3) is 0 Å². The predicted molar refractivity (Wildman–Crippen MR) is 88.4 cm³/mol. The molecule has 1 unspecified atom stereocenters. The van der Waals surface area contributed by atoms with Gasteiger partial charge in [0, 0.05) is 24.9 Å². The van der Waals surface area contributed by atoms with Gasteiger partial charge in [0.25, 0.3) is 0 Å². The van der Waals surface area contributed by atoms with Crippen molar-refractivity contribution in [1.29, 1.82) is 5.26 Å². The molecule has 1 fully saturated rings. The summed E-state index contributed by atoms with van der Waals surface area (Å²) < 4.78 is 7.87. The molecule has 2 aromatic rings. The average molecular weight is 337 g/mol. The number of rotatable bonds is 4. The number of fused-ring (bicyclic) bond motifs is 1. The molecule has 7 heteroatoms. The van der Waals surface area contributed by atoms with Crippen molar-refractivity contribution in [2.75, 3.05) is 6.54 Å². The Morgan fingerprint density at radius 3 is 2.92 bits per heavy atom. The van der Waals surface area contributed by atoms with E-state index in [0.29, 0.717) is 43.4 Å². The third-order valence-electron chi connectivity index (χ3n) is 4.62. The molecular weight excluding hydrogens is 318 g/mol. The second-order valence-electron chi connectivity index (χ2n) is 6.66. The zero-order chi connectivity index (χ0) is 17.2. The van der Waals surface area contributed by atoms with Crippen LogP contribution in [0.2, 0.25) is 0 Å². The quantitative estimate of drug-likeness (QED) is 0.848. The molecule has 1 aliphatic carbocycles. The number of nitriles is 1. The molecular formula is C18H19N5O2. The van der Waals surface area contributed by atoms with Gasteiger partial charge in [0.15, 0.2) is 0 Å². The van der Waals surface area contributed by atoms with Crippen molar-refractivity contribution in [2.24, 2.45) is 5.92 Å². The molecule has 0 aromatic carbocycles. The van der Waals surface area contributed by atoms with Gasteiger partial charge in [-0.15, -0.1) is 0 Å². The van der Waals surface area contributed by atoms with Crippen LogP contribution < -0.4 is 4.74 Å². The number of ether oxygens (including phenoxy) is 1. The molecule has 2 aliphatic rings. The van der Waals surface area contributed by atoms with Gasteiger partial charge in [-0.25, -0.2) is 4.98 Å². The van der Waals surface area contributed by atoms with E-state index in [0.717, 1.165) is 18.5 Å². The van der Waals surface area contributed by atoms with E-state index in [2.05, 4.69) is 10.1 Å². The van der Waals surface area contributed by atoms with E-state index in [-0.39, 0.29) is 12.0 Å². The minimum Gasteiger partial charge on any atom is -0.470 e. The smallest absolute Gasteiger partial charge is 0.223 e. The highest BCUT2D eigenvalue weighted by Crippen LogP contribution is 2.33. The number of pyridine rings is 1. The first-order valence-corrected chi connectivity index (χ1v) is 8.52. The Balaban J connectivity index is 1.51. The fourth-order valence-electron chi connectivity index (χ4n) is 3.06. The normalized spacial score (nSPS) is 19.6. The molecule has 0 bridgehead atoms. The van der Waals surface area contributed by atoms with Gasteiger partial charge >= 0.3 is 0 Å². The van der Waals surface area contributed by atoms with Crippen molar-refractivity contribution in [1.82, 2.24) is 19.7 Å². The van der Waals surface area contributed by atoms with Gasteiger partial charge < -0.3 is 9.64 Å². The molecule has 7 nitrogen and oxygen atoms in total. The molecule has 0 saturated heterocycles. The van der Waals surface area contributed by atoms with Crippen molar-refractivity contribution in [2.45, 2.75) is 38.5 Å². The fourth-order valence-corrected chi connectivity index (χ4v) is 3.06. The minimum absolute atomic E-state index is 0.179. The Bertz CT molecular complexity index is 804. The molecule has 4 rings (SSSR count). The lowest BCUT2D eigenvalue weighted by Gasteiger charge is -2.24. The molecule has 0 radical (unpaired) electrons. The van der Waals surface area contributed by atoms with Crippen molar-refractivity contribution >= 4 is 5.91 Å². The second-order valence-corrected chi connectivity index (χ2v) is 6.66. The first-order valence-electron chi connectivity index (χ1n) is 8.52. The first-order chi connectivity index (χ1) is 12.2. The summed E-state index contributed by atoms with van der Waals surface area (Å²) >= 11 is 0. The predicted octanol–water partition coefficient (Wildman–Crippen LogP) is 1.74. The Labute approximate surface area is 145 Å². The maximum Gasteiger partial charge on any atom is 0.223 e. The monoisotopic (exact) mass is 337 g/mol. The van der Waals surface area contributed by atoms with Gasteiger partial charge in [-0.2, -0.15) is 10.4 Å². The fraction of sp³-hybridized carbons (Fsp3) is 0.444. The second kappa shape index (κ2) is 6.55. The third-order valence-corrected chi connectivity index (χ3v) is 4.62. The Hall–Kier alpha value is -2.88. The Morgan fingerprint density at radius 1 is 1.32 bits per heavy atom. The van der Waals surface area contributed by atoms with E-state index in [1.165, 1.54) is 6.20 Å². The number of aromatic nitrogens is 3. The van der Waals surface area contributed by atoms with E-state index >= 15 is 0 Å². The van der Waals surface area contributed by atoms with Gasteiger partial charge in [-0.1, -0.05) is 0 Å². The Kier molecular flexibility index (Phi) is 4.10. The molecule has 3 heterocycles. The molecule has 0 spiro atoms. The first kappa shape index (κ1) is 15.6. The summed E-state index contributed by atoms with van der Waals surface area (Å²) in [4.78, 5) is 18.6. The summed E-state index contributed by atoms with van der Waals surface area (Å²) in [5.41, 5.74) is 1.51. The van der Waals surface area contributed by atoms with Crippen LogP contribution >= 0.6 is 0 Å². The summed E-state index contributed by atoms with van der Waals surface area (Å²) in [5.74, 6) is 1.19. The van der Waals surface area contributed by atoms with E-state index in [1.807, 2.05) is 21.7 Å². The number of carbonyl (C=O) groups excluding carboxylic acids is 1. The molecule has 0 N–H and O–H groups in total. The van der Waals surface area contributed by atoms with Crippen molar-refractivity contribution in [3.8, 4) is 11.9 Å². The molecule has 1 amide bonds. The van der Waals surface area contributed by atoms with E-state index in [9.17, 15) is 4.79 Å². The molecule has 1 saturated carbocycles. The van der Waals surface area contributed by atoms with Crippen LogP contribution in [0.5, 0.6) is 5.88 Å². The zero-order valence-corrected chi connectivity index (χ0v) is 13.8. The number of carbonyl (C=O) groups is 1. The molecule has 1 aliphatic heterocycles. The van der Waals surface area contributed by atoms with Crippen LogP contribution in [-0.2, 0) is 17.9 Å². The summed E-state index contributed by atoms with van der Waals surface area (Å²) in [6.45, 7) is 1.64. The highest BCUT2D eigenvalue weighted by atomic mass is 16.5. The van der Waals surface area contributed by atoms with Crippen LogP contribution in [0.4, 0.5) is 0 Å². The summed E-state index contributed by atoms with van der Waals surface area (Å²) in [5, 5.41) is 13.2. The average Bonchev–Trinajstić information content (AvgIpc) is 3.36. The van der Waals surface area contributed by atoms with Crippen LogP contribution in [0.1, 0.15) is 30.5 Å². The number of amides is 1. The number of hydrogen-bond donors (Lipinski definition) is 0. The third kappa shape index (κ3) is 3.63. The molecule has 2 aromatic heterocycles. The zero-order valence-electron chi connectivity index (χ0n) is 13.8. The summed E-state index contributed by atoms with van der Waals surface area (Å²) in [7, 11) is 0. The van der Waals surface area contributed by atoms with Gasteiger partial charge in [0.2, 0.25) is 11.8 Å². The summed E-state index contributed by atoms with van der Waals surface area (Å²) in [6.07, 6.45) is 5.95. The van der Waals surface area contributed by atoms with Crippen LogP contribution in [-0.4, -0.2) is 38.2 Å². The lowest BCUT2D eigenvalue weighted by molar-refractivity contribution is -0.133. The van der Waals surface area contributed by atoms with Gasteiger partial charge in [0.05, 0.1) is 30.9 Å². The van der Waals surface area contributed by atoms with Crippen molar-refractivity contribution in [3.63, 3.8) is 0 Å². The maximum absolute atomic E-state index is 12.6. The van der Waals surface area contributed by atoms with E-state index in [4.69, 9.17) is 10.00 Å². The van der Waals surface area contributed by atoms with Gasteiger partial charge in [-0.05, 0) is 30.9 Å². The van der Waals surface area contributed by atoms with Gasteiger partial charge in [-0.3, -0.25) is 9.48 Å². The molecule has 25 heavy (non-hydrogen) atoms. The minimum atomic E-state index is -0.232. The van der Waals surface area contributed by atoms with Crippen LogP contribution in [0.3, 0.4) is 0 Å². The SMILES string of the molecule is N#Cc1ccc(OC2CN(C(=O)CC3CC3)Cc3ccnn3C2)nc1. The topological polar surface area (TPSA) is 84.0 Å². The van der Waals surface area contributed by atoms with Gasteiger partial charge in [0.1, 0.15) is 12.2 Å². The van der Waals surface area contributed by atoms with E-state index < -0.39 is 0 Å². The maximum atomic E-state index is 12.6. The standard InChI is InChI=1S/C18H19N5O2/c19-8-14-3-4-17(20-9-14)25-16-11-22(18(24)7-13-1-2-13)10-15-5-6-21-23(15)12-16/h3-6,9,13,16H,1-2,7,10-12H2. The van der Waals surface area contributed by atoms with E-state index in [1.54, 1.807) is 18.3 Å². The Morgan fingerprint density at radius 2 is 2.20 bits per heavy atom. The highest BCUT2D eigenvalue weighted by molar-refractivity contribution is 5.76. The lowest BCUT2D eigenvalue weighted by atomic mass is 10.2. The number of hydrogen-bond acceptors (Lipinski definition) is 5. The molecule has 1 atom stereocenters. The van der Waals surface area contributed by atoms with Crippen molar-refractivity contribution < 1.29 is 9.53 Å². The van der Waals surface area contributed by atoms with Crippen LogP contribution in [0, 0.1) is 17.2 Å². The molecule has 128 valence electrons.